The molecule has 0 heterocycles. The van der Waals surface area contributed by atoms with Crippen LogP contribution in [0.2, 0.25) is 0 Å². The maximum atomic E-state index is 13.8. The average molecular weight is 400 g/mol. The van der Waals surface area contributed by atoms with Crippen molar-refractivity contribution in [1.29, 1.82) is 0 Å². The summed E-state index contributed by atoms with van der Waals surface area (Å²) in [5.74, 6) is -1.07. The van der Waals surface area contributed by atoms with Crippen molar-refractivity contribution in [3.05, 3.63) is 66.0 Å². The number of carbonyl (C=O) groups excluding carboxylic acids is 2. The lowest BCUT2D eigenvalue weighted by Crippen LogP contribution is -2.50. The summed E-state index contributed by atoms with van der Waals surface area (Å²) in [7, 11) is 0. The fourth-order valence-corrected chi connectivity index (χ4v) is 2.89. The molecule has 1 atom stereocenters. The van der Waals surface area contributed by atoms with Gasteiger partial charge in [-0.15, -0.1) is 0 Å². The first-order valence-electron chi connectivity index (χ1n) is 10.0. The molecule has 2 aromatic carbocycles. The molecule has 2 aromatic rings. The quantitative estimate of drug-likeness (QED) is 0.587. The van der Waals surface area contributed by atoms with Gasteiger partial charge < -0.3 is 15.0 Å². The lowest BCUT2D eigenvalue weighted by molar-refractivity contribution is -0.141. The van der Waals surface area contributed by atoms with Crippen molar-refractivity contribution in [3.8, 4) is 5.75 Å². The summed E-state index contributed by atoms with van der Waals surface area (Å²) < 4.78 is 19.1. The topological polar surface area (TPSA) is 58.6 Å². The number of rotatable bonds is 11. The van der Waals surface area contributed by atoms with Crippen LogP contribution in [0.3, 0.4) is 0 Å². The molecule has 0 saturated heterocycles. The zero-order valence-electron chi connectivity index (χ0n) is 17.1. The van der Waals surface area contributed by atoms with E-state index in [-0.39, 0.29) is 24.2 Å². The normalized spacial score (nSPS) is 11.6. The first-order chi connectivity index (χ1) is 14.0. The number of nitrogens with zero attached hydrogens (tertiary/aromatic N) is 1. The van der Waals surface area contributed by atoms with E-state index in [1.54, 1.807) is 19.1 Å². The summed E-state index contributed by atoms with van der Waals surface area (Å²) in [6, 6.07) is 15.0. The molecule has 0 saturated carbocycles. The Morgan fingerprint density at radius 2 is 1.79 bits per heavy atom. The van der Waals surface area contributed by atoms with Gasteiger partial charge >= 0.3 is 0 Å². The number of para-hydroxylation sites is 1. The molecule has 0 aliphatic rings. The van der Waals surface area contributed by atoms with Crippen molar-refractivity contribution >= 4 is 11.8 Å². The van der Waals surface area contributed by atoms with Crippen LogP contribution >= 0.6 is 0 Å². The Morgan fingerprint density at radius 3 is 2.48 bits per heavy atom. The van der Waals surface area contributed by atoms with E-state index in [9.17, 15) is 14.0 Å². The Labute approximate surface area is 171 Å². The summed E-state index contributed by atoms with van der Waals surface area (Å²) in [6.07, 6.45) is 2.47. The number of hydrogen-bond donors (Lipinski definition) is 1. The van der Waals surface area contributed by atoms with E-state index in [4.69, 9.17) is 4.74 Å². The van der Waals surface area contributed by atoms with Gasteiger partial charge in [-0.3, -0.25) is 9.59 Å². The SMILES string of the molecule is CCCCNC(=O)[C@H](C)N(CCc1ccccc1)C(=O)COc1ccccc1F. The number of ether oxygens (including phenoxy) is 1. The van der Waals surface area contributed by atoms with Crippen LogP contribution in [0, 0.1) is 5.82 Å². The van der Waals surface area contributed by atoms with E-state index in [0.29, 0.717) is 19.5 Å². The number of carbonyl (C=O) groups is 2. The van der Waals surface area contributed by atoms with Crippen LogP contribution in [-0.2, 0) is 16.0 Å². The molecule has 2 rings (SSSR count). The summed E-state index contributed by atoms with van der Waals surface area (Å²) in [5.41, 5.74) is 1.07. The number of nitrogens with one attached hydrogen (secondary N) is 1. The van der Waals surface area contributed by atoms with E-state index in [1.807, 2.05) is 37.3 Å². The van der Waals surface area contributed by atoms with Gasteiger partial charge in [0.2, 0.25) is 5.91 Å². The molecule has 0 fully saturated rings. The van der Waals surface area contributed by atoms with E-state index in [0.717, 1.165) is 18.4 Å². The van der Waals surface area contributed by atoms with Gasteiger partial charge in [-0.1, -0.05) is 55.8 Å². The number of unbranched alkanes of at least 4 members (excludes halogenated alkanes) is 1. The van der Waals surface area contributed by atoms with Crippen LogP contribution < -0.4 is 10.1 Å². The van der Waals surface area contributed by atoms with Crippen LogP contribution in [-0.4, -0.2) is 42.5 Å². The number of amides is 2. The minimum atomic E-state index is -0.646. The van der Waals surface area contributed by atoms with Gasteiger partial charge in [0.15, 0.2) is 18.2 Å². The highest BCUT2D eigenvalue weighted by Gasteiger charge is 2.26. The third kappa shape index (κ3) is 7.22. The summed E-state index contributed by atoms with van der Waals surface area (Å²) in [4.78, 5) is 26.8. The van der Waals surface area contributed by atoms with Gasteiger partial charge in [-0.2, -0.15) is 0 Å². The maximum Gasteiger partial charge on any atom is 0.261 e. The second-order valence-electron chi connectivity index (χ2n) is 6.86. The van der Waals surface area contributed by atoms with Crippen molar-refractivity contribution in [2.45, 2.75) is 39.2 Å². The third-order valence-corrected chi connectivity index (χ3v) is 4.67. The molecule has 0 aliphatic carbocycles. The molecule has 1 N–H and O–H groups in total. The molecule has 0 radical (unpaired) electrons. The highest BCUT2D eigenvalue weighted by molar-refractivity contribution is 5.87. The van der Waals surface area contributed by atoms with Crippen molar-refractivity contribution < 1.29 is 18.7 Å². The predicted octanol–water partition coefficient (Wildman–Crippen LogP) is 3.58. The fourth-order valence-electron chi connectivity index (χ4n) is 2.89. The van der Waals surface area contributed by atoms with Crippen LogP contribution in [0.1, 0.15) is 32.3 Å². The molecule has 0 aliphatic heterocycles. The van der Waals surface area contributed by atoms with Gasteiger partial charge in [0.1, 0.15) is 6.04 Å². The molecule has 5 nitrogen and oxygen atoms in total. The van der Waals surface area contributed by atoms with E-state index in [2.05, 4.69) is 5.32 Å². The molecule has 29 heavy (non-hydrogen) atoms. The lowest BCUT2D eigenvalue weighted by atomic mass is 10.1. The monoisotopic (exact) mass is 400 g/mol. The van der Waals surface area contributed by atoms with Crippen LogP contribution in [0.5, 0.6) is 5.75 Å². The minimum absolute atomic E-state index is 0.0175. The summed E-state index contributed by atoms with van der Waals surface area (Å²) in [6.45, 7) is 4.36. The van der Waals surface area contributed by atoms with Gasteiger partial charge in [-0.05, 0) is 37.5 Å². The van der Waals surface area contributed by atoms with Gasteiger partial charge in [0, 0.05) is 13.1 Å². The largest absolute Gasteiger partial charge is 0.481 e. The first-order valence-corrected chi connectivity index (χ1v) is 10.0. The third-order valence-electron chi connectivity index (χ3n) is 4.67. The molecule has 2 amide bonds. The Hall–Kier alpha value is -2.89. The number of hydrogen-bond acceptors (Lipinski definition) is 3. The zero-order chi connectivity index (χ0) is 21.1. The molecular formula is C23H29FN2O3. The summed E-state index contributed by atoms with van der Waals surface area (Å²) >= 11 is 0. The first kappa shape index (κ1) is 22.4. The van der Waals surface area contributed by atoms with Crippen molar-refractivity contribution in [1.82, 2.24) is 10.2 Å². The van der Waals surface area contributed by atoms with Crippen LogP contribution in [0.4, 0.5) is 4.39 Å². The second-order valence-corrected chi connectivity index (χ2v) is 6.86. The standard InChI is InChI=1S/C23H29FN2O3/c1-3-4-15-25-23(28)18(2)26(16-14-19-10-6-5-7-11-19)22(27)17-29-21-13-9-8-12-20(21)24/h5-13,18H,3-4,14-17H2,1-2H3,(H,25,28)/t18-/m0/s1. The molecule has 0 bridgehead atoms. The molecule has 6 heteroatoms. The van der Waals surface area contributed by atoms with Crippen molar-refractivity contribution in [2.75, 3.05) is 19.7 Å². The molecule has 156 valence electrons. The molecule has 0 spiro atoms. The average Bonchev–Trinajstić information content (AvgIpc) is 2.74. The number of benzene rings is 2. The van der Waals surface area contributed by atoms with Gasteiger partial charge in [0.05, 0.1) is 0 Å². The van der Waals surface area contributed by atoms with Crippen LogP contribution in [0.25, 0.3) is 0 Å². The zero-order valence-corrected chi connectivity index (χ0v) is 17.1. The second kappa shape index (κ2) is 11.8. The Bertz CT molecular complexity index is 783. The fraction of sp³-hybridized carbons (Fsp3) is 0.391. The molecular weight excluding hydrogens is 371 g/mol. The van der Waals surface area contributed by atoms with Crippen molar-refractivity contribution in [3.63, 3.8) is 0 Å². The Balaban J connectivity index is 2.04. The van der Waals surface area contributed by atoms with E-state index in [1.165, 1.54) is 17.0 Å². The summed E-state index contributed by atoms with van der Waals surface area (Å²) in [5, 5.41) is 2.87. The molecule has 0 aromatic heterocycles. The van der Waals surface area contributed by atoms with Crippen LogP contribution in [0.15, 0.2) is 54.6 Å². The molecule has 0 unspecified atom stereocenters. The minimum Gasteiger partial charge on any atom is -0.481 e. The smallest absolute Gasteiger partial charge is 0.261 e. The van der Waals surface area contributed by atoms with Crippen molar-refractivity contribution in [2.24, 2.45) is 0 Å². The number of halogens is 1. The highest BCUT2D eigenvalue weighted by Crippen LogP contribution is 2.16. The Kier molecular flexibility index (Phi) is 9.15. The van der Waals surface area contributed by atoms with Gasteiger partial charge in [0.25, 0.3) is 5.91 Å². The highest BCUT2D eigenvalue weighted by atomic mass is 19.1. The maximum absolute atomic E-state index is 13.8. The van der Waals surface area contributed by atoms with E-state index >= 15 is 0 Å². The predicted molar refractivity (Wildman–Crippen MR) is 111 cm³/mol. The lowest BCUT2D eigenvalue weighted by Gasteiger charge is -2.28. The Morgan fingerprint density at radius 1 is 1.10 bits per heavy atom. The van der Waals surface area contributed by atoms with E-state index < -0.39 is 11.9 Å². The van der Waals surface area contributed by atoms with Gasteiger partial charge in [-0.25, -0.2) is 4.39 Å².